The van der Waals surface area contributed by atoms with Crippen molar-refractivity contribution in [3.8, 4) is 0 Å². The number of thioether (sulfide) groups is 1. The van der Waals surface area contributed by atoms with Gasteiger partial charge in [-0.25, -0.2) is 0 Å². The fraction of sp³-hybridized carbons (Fsp3) is 0.727. The zero-order chi connectivity index (χ0) is 11.3. The zero-order valence-electron chi connectivity index (χ0n) is 10.0. The predicted molar refractivity (Wildman–Crippen MR) is 66.2 cm³/mol. The van der Waals surface area contributed by atoms with Gasteiger partial charge in [-0.3, -0.25) is 4.68 Å². The van der Waals surface area contributed by atoms with E-state index in [1.165, 1.54) is 4.90 Å². The van der Waals surface area contributed by atoms with E-state index in [9.17, 15) is 0 Å². The molecule has 0 aliphatic carbocycles. The fourth-order valence-corrected chi connectivity index (χ4v) is 2.63. The second kappa shape index (κ2) is 6.18. The molecule has 0 spiro atoms. The molecule has 0 amide bonds. The van der Waals surface area contributed by atoms with E-state index in [2.05, 4.69) is 37.4 Å². The molecule has 1 N–H and O–H groups in total. The number of aromatic nitrogens is 2. The van der Waals surface area contributed by atoms with Gasteiger partial charge in [0.1, 0.15) is 0 Å². The Balaban J connectivity index is 2.39. The molecule has 0 aliphatic rings. The lowest BCUT2D eigenvalue weighted by atomic mass is 10.1. The molecule has 1 atom stereocenters. The second-order valence-corrected chi connectivity index (χ2v) is 5.16. The van der Waals surface area contributed by atoms with E-state index in [0.29, 0.717) is 12.0 Å². The van der Waals surface area contributed by atoms with Crippen molar-refractivity contribution in [1.82, 2.24) is 15.1 Å². The third kappa shape index (κ3) is 4.26. The first-order valence-corrected chi connectivity index (χ1v) is 6.46. The van der Waals surface area contributed by atoms with Crippen molar-refractivity contribution < 1.29 is 0 Å². The molecule has 4 heteroatoms. The molecule has 1 heterocycles. The predicted octanol–water partition coefficient (Wildman–Crippen LogP) is 2.15. The molecule has 0 aromatic carbocycles. The summed E-state index contributed by atoms with van der Waals surface area (Å²) in [5, 5.41) is 7.67. The molecule has 86 valence electrons. The monoisotopic (exact) mass is 227 g/mol. The number of hydrogen-bond acceptors (Lipinski definition) is 3. The van der Waals surface area contributed by atoms with E-state index in [1.807, 2.05) is 29.7 Å². The lowest BCUT2D eigenvalue weighted by Gasteiger charge is -2.20. The van der Waals surface area contributed by atoms with Crippen molar-refractivity contribution in [2.24, 2.45) is 13.0 Å². The lowest BCUT2D eigenvalue weighted by molar-refractivity contribution is 0.443. The number of aryl methyl sites for hydroxylation is 1. The van der Waals surface area contributed by atoms with Gasteiger partial charge in [-0.15, -0.1) is 11.8 Å². The van der Waals surface area contributed by atoms with Crippen molar-refractivity contribution in [3.63, 3.8) is 0 Å². The maximum Gasteiger partial charge on any atom is 0.0625 e. The smallest absolute Gasteiger partial charge is 0.0625 e. The Kier molecular flexibility index (Phi) is 5.19. The van der Waals surface area contributed by atoms with Crippen molar-refractivity contribution in [1.29, 1.82) is 0 Å². The average Bonchev–Trinajstić information content (AvgIpc) is 2.58. The third-order valence-electron chi connectivity index (χ3n) is 2.38. The molecule has 0 aliphatic heterocycles. The summed E-state index contributed by atoms with van der Waals surface area (Å²) in [5.41, 5.74) is 0. The molecule has 3 nitrogen and oxygen atoms in total. The molecule has 0 bridgehead atoms. The first kappa shape index (κ1) is 12.6. The minimum absolute atomic E-state index is 0.584. The van der Waals surface area contributed by atoms with Crippen LogP contribution in [0.4, 0.5) is 0 Å². The van der Waals surface area contributed by atoms with Crippen LogP contribution >= 0.6 is 11.8 Å². The molecule has 0 radical (unpaired) electrons. The van der Waals surface area contributed by atoms with Gasteiger partial charge in [-0.2, -0.15) is 5.10 Å². The maximum absolute atomic E-state index is 4.16. The summed E-state index contributed by atoms with van der Waals surface area (Å²) in [5.74, 6) is 1.78. The SMILES string of the molecule is CCNC(CSc1cnn(C)c1)C(C)C. The Hall–Kier alpha value is -0.480. The molecule has 15 heavy (non-hydrogen) atoms. The molecule has 0 saturated heterocycles. The standard InChI is InChI=1S/C11H21N3S/c1-5-12-11(9(2)3)8-15-10-6-13-14(4)7-10/h6-7,9,11-12H,5,8H2,1-4H3. The molecule has 1 unspecified atom stereocenters. The number of nitrogens with zero attached hydrogens (tertiary/aromatic N) is 2. The maximum atomic E-state index is 4.16. The topological polar surface area (TPSA) is 29.9 Å². The lowest BCUT2D eigenvalue weighted by Crippen LogP contribution is -2.35. The van der Waals surface area contributed by atoms with Crippen LogP contribution in [0.2, 0.25) is 0 Å². The Bertz CT molecular complexity index is 283. The summed E-state index contributed by atoms with van der Waals surface area (Å²) in [4.78, 5) is 1.25. The van der Waals surface area contributed by atoms with E-state index in [1.54, 1.807) is 0 Å². The first-order chi connectivity index (χ1) is 7.13. The van der Waals surface area contributed by atoms with Crippen LogP contribution in [0.5, 0.6) is 0 Å². The highest BCUT2D eigenvalue weighted by molar-refractivity contribution is 7.99. The van der Waals surface area contributed by atoms with Crippen molar-refractivity contribution >= 4 is 11.8 Å². The molecular formula is C11H21N3S. The molecule has 0 fully saturated rings. The highest BCUT2D eigenvalue weighted by Gasteiger charge is 2.12. The highest BCUT2D eigenvalue weighted by Crippen LogP contribution is 2.19. The van der Waals surface area contributed by atoms with Gasteiger partial charge in [0.15, 0.2) is 0 Å². The van der Waals surface area contributed by atoms with Gasteiger partial charge >= 0.3 is 0 Å². The van der Waals surface area contributed by atoms with Crippen LogP contribution in [0.25, 0.3) is 0 Å². The van der Waals surface area contributed by atoms with Gasteiger partial charge in [0.25, 0.3) is 0 Å². The highest BCUT2D eigenvalue weighted by atomic mass is 32.2. The molecular weight excluding hydrogens is 206 g/mol. The summed E-state index contributed by atoms with van der Waals surface area (Å²) < 4.78 is 1.85. The summed E-state index contributed by atoms with van der Waals surface area (Å²) in [6.45, 7) is 7.72. The van der Waals surface area contributed by atoms with Gasteiger partial charge in [0.05, 0.1) is 6.20 Å². The minimum atomic E-state index is 0.584. The normalized spacial score (nSPS) is 13.4. The van der Waals surface area contributed by atoms with Crippen LogP contribution in [0.1, 0.15) is 20.8 Å². The van der Waals surface area contributed by atoms with E-state index in [0.717, 1.165) is 12.3 Å². The number of rotatable bonds is 6. The van der Waals surface area contributed by atoms with Gasteiger partial charge in [-0.1, -0.05) is 20.8 Å². The van der Waals surface area contributed by atoms with Crippen molar-refractivity contribution in [2.75, 3.05) is 12.3 Å². The van der Waals surface area contributed by atoms with Crippen LogP contribution in [-0.4, -0.2) is 28.1 Å². The Labute approximate surface area is 96.6 Å². The summed E-state index contributed by atoms with van der Waals surface area (Å²) in [6, 6.07) is 0.584. The van der Waals surface area contributed by atoms with Crippen LogP contribution in [0.15, 0.2) is 17.3 Å². The zero-order valence-corrected chi connectivity index (χ0v) is 10.8. The van der Waals surface area contributed by atoms with Crippen molar-refractivity contribution in [2.45, 2.75) is 31.7 Å². The average molecular weight is 227 g/mol. The second-order valence-electron chi connectivity index (χ2n) is 4.07. The summed E-state index contributed by atoms with van der Waals surface area (Å²) >= 11 is 1.87. The van der Waals surface area contributed by atoms with Crippen LogP contribution in [-0.2, 0) is 7.05 Å². The number of nitrogens with one attached hydrogen (secondary N) is 1. The van der Waals surface area contributed by atoms with Crippen LogP contribution in [0.3, 0.4) is 0 Å². The van der Waals surface area contributed by atoms with E-state index in [4.69, 9.17) is 0 Å². The number of hydrogen-bond donors (Lipinski definition) is 1. The fourth-order valence-electron chi connectivity index (χ4n) is 1.41. The first-order valence-electron chi connectivity index (χ1n) is 5.48. The van der Waals surface area contributed by atoms with Crippen LogP contribution in [0, 0.1) is 5.92 Å². The molecule has 1 aromatic heterocycles. The quantitative estimate of drug-likeness (QED) is 0.755. The van der Waals surface area contributed by atoms with Crippen molar-refractivity contribution in [3.05, 3.63) is 12.4 Å². The minimum Gasteiger partial charge on any atom is -0.313 e. The van der Waals surface area contributed by atoms with Gasteiger partial charge in [-0.05, 0) is 12.5 Å². The molecule has 0 saturated carbocycles. The van der Waals surface area contributed by atoms with Gasteiger partial charge in [0.2, 0.25) is 0 Å². The van der Waals surface area contributed by atoms with E-state index < -0.39 is 0 Å². The largest absolute Gasteiger partial charge is 0.313 e. The summed E-state index contributed by atoms with van der Waals surface area (Å²) in [7, 11) is 1.95. The molecule has 1 aromatic rings. The Morgan fingerprint density at radius 2 is 2.27 bits per heavy atom. The Morgan fingerprint density at radius 1 is 1.53 bits per heavy atom. The van der Waals surface area contributed by atoms with E-state index in [-0.39, 0.29) is 0 Å². The molecule has 1 rings (SSSR count). The third-order valence-corrected chi connectivity index (χ3v) is 3.45. The van der Waals surface area contributed by atoms with E-state index >= 15 is 0 Å². The summed E-state index contributed by atoms with van der Waals surface area (Å²) in [6.07, 6.45) is 3.99. The van der Waals surface area contributed by atoms with Crippen LogP contribution < -0.4 is 5.32 Å². The Morgan fingerprint density at radius 3 is 2.73 bits per heavy atom. The van der Waals surface area contributed by atoms with Gasteiger partial charge < -0.3 is 5.32 Å². The van der Waals surface area contributed by atoms with Gasteiger partial charge in [0, 0.05) is 29.9 Å².